The van der Waals surface area contributed by atoms with Crippen LogP contribution in [0.3, 0.4) is 0 Å². The summed E-state index contributed by atoms with van der Waals surface area (Å²) in [6, 6.07) is 6.77. The average Bonchev–Trinajstić information content (AvgIpc) is 2.76. The molecule has 0 aliphatic carbocycles. The van der Waals surface area contributed by atoms with Gasteiger partial charge in [-0.3, -0.25) is 4.98 Å². The van der Waals surface area contributed by atoms with E-state index in [-0.39, 0.29) is 0 Å². The maximum Gasteiger partial charge on any atom is 0.339 e. The Labute approximate surface area is 173 Å². The monoisotopic (exact) mass is 419 g/mol. The fourth-order valence-electron chi connectivity index (χ4n) is 3.58. The predicted octanol–water partition coefficient (Wildman–Crippen LogP) is -0.281. The highest BCUT2D eigenvalue weighted by atomic mass is 16.6. The van der Waals surface area contributed by atoms with Crippen molar-refractivity contribution < 1.29 is 39.8 Å². The van der Waals surface area contributed by atoms with E-state index in [1.807, 2.05) is 0 Å². The van der Waals surface area contributed by atoms with Crippen LogP contribution < -0.4 is 0 Å². The molecule has 0 radical (unpaired) electrons. The molecule has 1 aliphatic heterocycles. The molecule has 0 spiro atoms. The molecule has 0 saturated carbocycles. The van der Waals surface area contributed by atoms with Gasteiger partial charge >= 0.3 is 5.97 Å². The van der Waals surface area contributed by atoms with Crippen molar-refractivity contribution in [1.82, 2.24) is 4.98 Å². The van der Waals surface area contributed by atoms with Crippen LogP contribution in [0.2, 0.25) is 0 Å². The van der Waals surface area contributed by atoms with E-state index >= 15 is 0 Å². The molecular formula is C21H25NO8. The van der Waals surface area contributed by atoms with Crippen molar-refractivity contribution in [3.8, 4) is 11.1 Å². The molecule has 5 N–H and O–H groups in total. The third-order valence-corrected chi connectivity index (χ3v) is 5.32. The summed E-state index contributed by atoms with van der Waals surface area (Å²) in [7, 11) is 1.29. The van der Waals surface area contributed by atoms with E-state index in [2.05, 4.69) is 4.98 Å². The number of rotatable bonds is 5. The Bertz CT molecular complexity index is 902. The van der Waals surface area contributed by atoms with Crippen LogP contribution in [0, 0.1) is 6.92 Å². The predicted molar refractivity (Wildman–Crippen MR) is 104 cm³/mol. The number of aliphatic hydroxyl groups is 5. The number of ether oxygens (including phenoxy) is 2. The summed E-state index contributed by atoms with van der Waals surface area (Å²) in [5.74, 6) is -0.504. The molecule has 162 valence electrons. The maximum absolute atomic E-state index is 11.7. The summed E-state index contributed by atoms with van der Waals surface area (Å²) in [4.78, 5) is 15.8. The lowest BCUT2D eigenvalue weighted by atomic mass is 9.88. The topological polar surface area (TPSA) is 150 Å². The molecule has 0 unspecified atom stereocenters. The first-order valence-electron chi connectivity index (χ1n) is 9.41. The molecule has 0 amide bonds. The van der Waals surface area contributed by atoms with Gasteiger partial charge in [-0.25, -0.2) is 4.79 Å². The highest BCUT2D eigenvalue weighted by Gasteiger charge is 2.46. The summed E-state index contributed by atoms with van der Waals surface area (Å²) >= 11 is 0. The van der Waals surface area contributed by atoms with Crippen LogP contribution in [-0.4, -0.2) is 80.7 Å². The third-order valence-electron chi connectivity index (χ3n) is 5.32. The van der Waals surface area contributed by atoms with Crippen LogP contribution in [0.5, 0.6) is 0 Å². The van der Waals surface area contributed by atoms with Crippen molar-refractivity contribution >= 4 is 5.97 Å². The molecule has 1 fully saturated rings. The molecule has 9 nitrogen and oxygen atoms in total. The first-order valence-corrected chi connectivity index (χ1v) is 9.41. The minimum atomic E-state index is -1.57. The van der Waals surface area contributed by atoms with Gasteiger partial charge in [0.2, 0.25) is 0 Å². The lowest BCUT2D eigenvalue weighted by molar-refractivity contribution is -0.250. The Balaban J connectivity index is 1.87. The minimum absolute atomic E-state index is 0.304. The molecule has 2 aromatic rings. The van der Waals surface area contributed by atoms with Crippen molar-refractivity contribution in [2.24, 2.45) is 0 Å². The minimum Gasteiger partial charge on any atom is -0.465 e. The van der Waals surface area contributed by atoms with Crippen LogP contribution >= 0.6 is 0 Å². The third kappa shape index (κ3) is 4.22. The standard InChI is InChI=1S/C21H25NO8/c1-10-5-11(12-6-13(8-22-7-12)21(28)29-2)3-4-14(10)16(24)20-19(27)18(26)17(25)15(9-23)30-20/h3-8,15-20,23-27H,9H2,1-2H3/t15-,16-,17-,18+,19+,20-/m1/s1. The number of pyridine rings is 1. The smallest absolute Gasteiger partial charge is 0.339 e. The fraction of sp³-hybridized carbons (Fsp3) is 0.429. The van der Waals surface area contributed by atoms with E-state index in [9.17, 15) is 30.3 Å². The first kappa shape index (κ1) is 22.3. The van der Waals surface area contributed by atoms with Gasteiger partial charge < -0.3 is 35.0 Å². The summed E-state index contributed by atoms with van der Waals surface area (Å²) < 4.78 is 10.2. The number of hydrogen-bond donors (Lipinski definition) is 5. The van der Waals surface area contributed by atoms with Gasteiger partial charge in [0.25, 0.3) is 0 Å². The highest BCUT2D eigenvalue weighted by Crippen LogP contribution is 2.33. The Morgan fingerprint density at radius 3 is 2.50 bits per heavy atom. The molecule has 0 bridgehead atoms. The lowest BCUT2D eigenvalue weighted by Crippen LogP contribution is -2.59. The van der Waals surface area contributed by atoms with Gasteiger partial charge in [-0.15, -0.1) is 0 Å². The Morgan fingerprint density at radius 1 is 1.13 bits per heavy atom. The van der Waals surface area contributed by atoms with Crippen molar-refractivity contribution in [1.29, 1.82) is 0 Å². The van der Waals surface area contributed by atoms with Gasteiger partial charge in [0.1, 0.15) is 36.6 Å². The van der Waals surface area contributed by atoms with Crippen molar-refractivity contribution in [2.75, 3.05) is 13.7 Å². The number of carbonyl (C=O) groups excluding carboxylic acids is 1. The zero-order chi connectivity index (χ0) is 22.0. The molecule has 3 rings (SSSR count). The summed E-state index contributed by atoms with van der Waals surface area (Å²) in [6.07, 6.45) is -5.27. The van der Waals surface area contributed by atoms with E-state index in [4.69, 9.17) is 9.47 Å². The number of hydrogen-bond acceptors (Lipinski definition) is 9. The van der Waals surface area contributed by atoms with Crippen molar-refractivity contribution in [2.45, 2.75) is 43.5 Å². The second kappa shape index (κ2) is 9.17. The summed E-state index contributed by atoms with van der Waals surface area (Å²) in [5.41, 5.74) is 2.84. The van der Waals surface area contributed by atoms with E-state index in [1.165, 1.54) is 13.3 Å². The molecule has 1 aromatic carbocycles. The van der Waals surface area contributed by atoms with Gasteiger partial charge in [0.05, 0.1) is 19.3 Å². The van der Waals surface area contributed by atoms with E-state index < -0.39 is 49.2 Å². The quantitative estimate of drug-likeness (QED) is 0.412. The Hall–Kier alpha value is -2.40. The van der Waals surface area contributed by atoms with Crippen LogP contribution in [0.25, 0.3) is 11.1 Å². The molecule has 30 heavy (non-hydrogen) atoms. The van der Waals surface area contributed by atoms with Gasteiger partial charge in [-0.1, -0.05) is 18.2 Å². The van der Waals surface area contributed by atoms with E-state index in [1.54, 1.807) is 37.4 Å². The van der Waals surface area contributed by atoms with Crippen molar-refractivity contribution in [3.63, 3.8) is 0 Å². The number of aromatic nitrogens is 1. The van der Waals surface area contributed by atoms with E-state index in [0.717, 1.165) is 5.56 Å². The molecule has 1 aromatic heterocycles. The summed E-state index contributed by atoms with van der Waals surface area (Å²) in [5, 5.41) is 50.3. The Morgan fingerprint density at radius 2 is 1.87 bits per heavy atom. The first-order chi connectivity index (χ1) is 14.3. The van der Waals surface area contributed by atoms with Crippen LogP contribution in [0.15, 0.2) is 36.7 Å². The SMILES string of the molecule is COC(=O)c1cncc(-c2ccc([C@@H](O)[C@H]3O[C@H](CO)[C@@H](O)[C@H](O)[C@@H]3O)c(C)c2)c1. The molecular weight excluding hydrogens is 394 g/mol. The van der Waals surface area contributed by atoms with Gasteiger partial charge in [0.15, 0.2) is 0 Å². The maximum atomic E-state index is 11.7. The number of aryl methyl sites for hydroxylation is 1. The molecule has 6 atom stereocenters. The average molecular weight is 419 g/mol. The van der Waals surface area contributed by atoms with Crippen molar-refractivity contribution in [3.05, 3.63) is 53.3 Å². The van der Waals surface area contributed by atoms with E-state index in [0.29, 0.717) is 22.3 Å². The van der Waals surface area contributed by atoms with Gasteiger partial charge in [-0.2, -0.15) is 0 Å². The zero-order valence-electron chi connectivity index (χ0n) is 16.5. The summed E-state index contributed by atoms with van der Waals surface area (Å²) in [6.45, 7) is 1.18. The molecule has 2 heterocycles. The number of esters is 1. The fourth-order valence-corrected chi connectivity index (χ4v) is 3.58. The number of methoxy groups -OCH3 is 1. The number of nitrogens with zero attached hydrogens (tertiary/aromatic N) is 1. The number of aliphatic hydroxyl groups excluding tert-OH is 5. The molecule has 9 heteroatoms. The van der Waals surface area contributed by atoms with Crippen LogP contribution in [-0.2, 0) is 9.47 Å². The largest absolute Gasteiger partial charge is 0.465 e. The van der Waals surface area contributed by atoms with Gasteiger partial charge in [0, 0.05) is 18.0 Å². The van der Waals surface area contributed by atoms with Gasteiger partial charge in [-0.05, 0) is 29.7 Å². The van der Waals surface area contributed by atoms with Crippen LogP contribution in [0.1, 0.15) is 27.6 Å². The normalized spacial score (nSPS) is 27.5. The second-order valence-corrected chi connectivity index (χ2v) is 7.26. The van der Waals surface area contributed by atoms with Crippen LogP contribution in [0.4, 0.5) is 0 Å². The molecule has 1 aliphatic rings. The zero-order valence-corrected chi connectivity index (χ0v) is 16.5. The highest BCUT2D eigenvalue weighted by molar-refractivity contribution is 5.90. The molecule has 1 saturated heterocycles. The lowest BCUT2D eigenvalue weighted by Gasteiger charge is -2.42. The number of carbonyl (C=O) groups is 1. The Kier molecular flexibility index (Phi) is 6.81. The number of benzene rings is 1. The second-order valence-electron chi connectivity index (χ2n) is 7.26.